The van der Waals surface area contributed by atoms with Crippen LogP contribution in [0.15, 0.2) is 6.07 Å². The van der Waals surface area contributed by atoms with Gasteiger partial charge in [-0.1, -0.05) is 6.07 Å². The van der Waals surface area contributed by atoms with E-state index in [4.69, 9.17) is 11.6 Å². The van der Waals surface area contributed by atoms with Crippen molar-refractivity contribution in [1.82, 2.24) is 0 Å². The molecule has 0 fully saturated rings. The molecule has 0 saturated heterocycles. The molecule has 0 saturated carbocycles. The Bertz CT molecular complexity index is 326. The van der Waals surface area contributed by atoms with Gasteiger partial charge in [-0.05, 0) is 68.4 Å². The van der Waals surface area contributed by atoms with Crippen LogP contribution in [0.3, 0.4) is 0 Å². The quantitative estimate of drug-likeness (QED) is 0.660. The fourth-order valence-electron chi connectivity index (χ4n) is 1.81. The SMILES string of the molecule is Cc1cc(CCCCl)c(C)c(C)c1C. The Labute approximate surface area is 92.3 Å². The van der Waals surface area contributed by atoms with Crippen molar-refractivity contribution in [3.05, 3.63) is 33.9 Å². The standard InChI is InChI=1S/C13H19Cl/c1-9-8-13(6-5-7-14)12(4)11(3)10(9)2/h8H,5-7H2,1-4H3. The van der Waals surface area contributed by atoms with Crippen LogP contribution in [-0.2, 0) is 6.42 Å². The molecule has 0 unspecified atom stereocenters. The Balaban J connectivity index is 3.06. The zero-order valence-electron chi connectivity index (χ0n) is 9.58. The molecule has 0 amide bonds. The minimum atomic E-state index is 0.755. The predicted octanol–water partition coefficient (Wildman–Crippen LogP) is 4.09. The van der Waals surface area contributed by atoms with Crippen molar-refractivity contribution in [2.45, 2.75) is 40.5 Å². The molecule has 0 aromatic heterocycles. The van der Waals surface area contributed by atoms with Crippen LogP contribution in [0.25, 0.3) is 0 Å². The van der Waals surface area contributed by atoms with Crippen LogP contribution in [0.4, 0.5) is 0 Å². The van der Waals surface area contributed by atoms with Gasteiger partial charge in [0.15, 0.2) is 0 Å². The van der Waals surface area contributed by atoms with E-state index in [9.17, 15) is 0 Å². The third-order valence-corrected chi connectivity index (χ3v) is 3.44. The number of aryl methyl sites for hydroxylation is 2. The van der Waals surface area contributed by atoms with Crippen molar-refractivity contribution < 1.29 is 0 Å². The maximum Gasteiger partial charge on any atom is 0.0226 e. The van der Waals surface area contributed by atoms with E-state index in [-0.39, 0.29) is 0 Å². The van der Waals surface area contributed by atoms with Crippen LogP contribution < -0.4 is 0 Å². The first-order valence-corrected chi connectivity index (χ1v) is 5.73. The van der Waals surface area contributed by atoms with E-state index in [1.54, 1.807) is 0 Å². The van der Waals surface area contributed by atoms with E-state index in [2.05, 4.69) is 33.8 Å². The second-order valence-corrected chi connectivity index (χ2v) is 4.40. The summed E-state index contributed by atoms with van der Waals surface area (Å²) >= 11 is 5.71. The van der Waals surface area contributed by atoms with Crippen molar-refractivity contribution >= 4 is 11.6 Å². The third-order valence-electron chi connectivity index (χ3n) is 3.17. The molecule has 0 atom stereocenters. The third kappa shape index (κ3) is 2.30. The summed E-state index contributed by atoms with van der Waals surface area (Å²) in [6.07, 6.45) is 2.18. The topological polar surface area (TPSA) is 0 Å². The number of benzene rings is 1. The highest BCUT2D eigenvalue weighted by molar-refractivity contribution is 6.17. The van der Waals surface area contributed by atoms with Crippen LogP contribution >= 0.6 is 11.6 Å². The Hall–Kier alpha value is -0.490. The Morgan fingerprint density at radius 1 is 1.00 bits per heavy atom. The number of halogens is 1. The van der Waals surface area contributed by atoms with Gasteiger partial charge in [0.25, 0.3) is 0 Å². The van der Waals surface area contributed by atoms with Gasteiger partial charge >= 0.3 is 0 Å². The lowest BCUT2D eigenvalue weighted by atomic mass is 9.93. The van der Waals surface area contributed by atoms with Gasteiger partial charge in [0.2, 0.25) is 0 Å². The van der Waals surface area contributed by atoms with Crippen LogP contribution in [0, 0.1) is 27.7 Å². The van der Waals surface area contributed by atoms with Crippen LogP contribution in [-0.4, -0.2) is 5.88 Å². The molecule has 0 spiro atoms. The molecule has 14 heavy (non-hydrogen) atoms. The molecule has 1 aromatic rings. The lowest BCUT2D eigenvalue weighted by Gasteiger charge is -2.13. The highest BCUT2D eigenvalue weighted by Gasteiger charge is 2.06. The molecule has 1 heteroatoms. The highest BCUT2D eigenvalue weighted by Crippen LogP contribution is 2.22. The predicted molar refractivity (Wildman–Crippen MR) is 64.4 cm³/mol. The molecule has 0 bridgehead atoms. The maximum absolute atomic E-state index is 5.71. The van der Waals surface area contributed by atoms with Crippen molar-refractivity contribution in [3.63, 3.8) is 0 Å². The van der Waals surface area contributed by atoms with Crippen LogP contribution in [0.2, 0.25) is 0 Å². The van der Waals surface area contributed by atoms with Crippen molar-refractivity contribution in [3.8, 4) is 0 Å². The Morgan fingerprint density at radius 2 is 1.64 bits per heavy atom. The second kappa shape index (κ2) is 4.84. The molecule has 0 N–H and O–H groups in total. The van der Waals surface area contributed by atoms with E-state index < -0.39 is 0 Å². The average molecular weight is 211 g/mol. The van der Waals surface area contributed by atoms with E-state index >= 15 is 0 Å². The fourth-order valence-corrected chi connectivity index (χ4v) is 1.95. The van der Waals surface area contributed by atoms with Crippen LogP contribution in [0.1, 0.15) is 34.2 Å². The van der Waals surface area contributed by atoms with Gasteiger partial charge in [0, 0.05) is 5.88 Å². The minimum Gasteiger partial charge on any atom is -0.127 e. The molecule has 1 aromatic carbocycles. The lowest BCUT2D eigenvalue weighted by Crippen LogP contribution is -1.98. The number of alkyl halides is 1. The highest BCUT2D eigenvalue weighted by atomic mass is 35.5. The molecule has 0 nitrogen and oxygen atoms in total. The molecular formula is C13H19Cl. The summed E-state index contributed by atoms with van der Waals surface area (Å²) in [6.45, 7) is 8.81. The van der Waals surface area contributed by atoms with E-state index in [0.29, 0.717) is 0 Å². The minimum absolute atomic E-state index is 0.755. The molecule has 0 aliphatic carbocycles. The number of hydrogen-bond donors (Lipinski definition) is 0. The summed E-state index contributed by atoms with van der Waals surface area (Å²) in [4.78, 5) is 0. The number of hydrogen-bond acceptors (Lipinski definition) is 0. The summed E-state index contributed by atoms with van der Waals surface area (Å²) in [5, 5.41) is 0. The van der Waals surface area contributed by atoms with E-state index in [1.165, 1.54) is 27.8 Å². The molecular weight excluding hydrogens is 192 g/mol. The molecule has 0 aliphatic rings. The first kappa shape index (κ1) is 11.6. The van der Waals surface area contributed by atoms with Crippen LogP contribution in [0.5, 0.6) is 0 Å². The molecule has 78 valence electrons. The summed E-state index contributed by atoms with van der Waals surface area (Å²) in [5.41, 5.74) is 7.17. The van der Waals surface area contributed by atoms with Crippen molar-refractivity contribution in [2.24, 2.45) is 0 Å². The monoisotopic (exact) mass is 210 g/mol. The molecule has 0 aliphatic heterocycles. The lowest BCUT2D eigenvalue weighted by molar-refractivity contribution is 0.911. The van der Waals surface area contributed by atoms with Gasteiger partial charge < -0.3 is 0 Å². The Morgan fingerprint density at radius 3 is 2.21 bits per heavy atom. The molecule has 0 radical (unpaired) electrons. The summed E-state index contributed by atoms with van der Waals surface area (Å²) in [5.74, 6) is 0.755. The van der Waals surface area contributed by atoms with E-state index in [1.807, 2.05) is 0 Å². The van der Waals surface area contributed by atoms with Crippen molar-refractivity contribution in [1.29, 1.82) is 0 Å². The maximum atomic E-state index is 5.71. The van der Waals surface area contributed by atoms with Gasteiger partial charge in [-0.25, -0.2) is 0 Å². The Kier molecular flexibility index (Phi) is 4.00. The number of rotatable bonds is 3. The molecule has 0 heterocycles. The average Bonchev–Trinajstić information content (AvgIpc) is 2.18. The van der Waals surface area contributed by atoms with E-state index in [0.717, 1.165) is 18.7 Å². The van der Waals surface area contributed by atoms with Gasteiger partial charge in [-0.3, -0.25) is 0 Å². The first-order valence-electron chi connectivity index (χ1n) is 5.20. The van der Waals surface area contributed by atoms with Gasteiger partial charge in [0.05, 0.1) is 0 Å². The van der Waals surface area contributed by atoms with Crippen molar-refractivity contribution in [2.75, 3.05) is 5.88 Å². The van der Waals surface area contributed by atoms with Gasteiger partial charge in [-0.15, -0.1) is 11.6 Å². The zero-order chi connectivity index (χ0) is 10.7. The fraction of sp³-hybridized carbons (Fsp3) is 0.538. The van der Waals surface area contributed by atoms with Gasteiger partial charge in [0.1, 0.15) is 0 Å². The largest absolute Gasteiger partial charge is 0.127 e. The second-order valence-electron chi connectivity index (χ2n) is 4.02. The first-order chi connectivity index (χ1) is 6.57. The normalized spacial score (nSPS) is 10.6. The van der Waals surface area contributed by atoms with Gasteiger partial charge in [-0.2, -0.15) is 0 Å². The molecule has 1 rings (SSSR count). The zero-order valence-corrected chi connectivity index (χ0v) is 10.3. The summed E-state index contributed by atoms with van der Waals surface area (Å²) in [7, 11) is 0. The summed E-state index contributed by atoms with van der Waals surface area (Å²) in [6, 6.07) is 2.31. The smallest absolute Gasteiger partial charge is 0.0226 e. The summed E-state index contributed by atoms with van der Waals surface area (Å²) < 4.78 is 0.